The Morgan fingerprint density at radius 1 is 1.06 bits per heavy atom. The molecule has 2 aromatic rings. The minimum atomic E-state index is -0.420. The fourth-order valence-electron chi connectivity index (χ4n) is 2.75. The molecule has 0 bridgehead atoms. The van der Waals surface area contributed by atoms with Crippen molar-refractivity contribution in [2.75, 3.05) is 13.7 Å². The fourth-order valence-corrected chi connectivity index (χ4v) is 2.75. The van der Waals surface area contributed by atoms with E-state index in [1.807, 2.05) is 75.4 Å². The number of benzene rings is 1. The molecule has 31 heavy (non-hydrogen) atoms. The molecule has 0 N–H and O–H groups in total. The van der Waals surface area contributed by atoms with Crippen molar-refractivity contribution in [2.45, 2.75) is 27.7 Å². The van der Waals surface area contributed by atoms with Crippen LogP contribution in [0.25, 0.3) is 17.4 Å². The van der Waals surface area contributed by atoms with Crippen molar-refractivity contribution in [1.29, 1.82) is 0 Å². The Morgan fingerprint density at radius 2 is 1.77 bits per heavy atom. The molecule has 0 saturated carbocycles. The molecule has 0 aliphatic rings. The number of esters is 2. The van der Waals surface area contributed by atoms with Gasteiger partial charge in [-0.3, -0.25) is 0 Å². The molecule has 5 heteroatoms. The van der Waals surface area contributed by atoms with E-state index in [2.05, 4.69) is 4.74 Å². The largest absolute Gasteiger partial charge is 0.466 e. The van der Waals surface area contributed by atoms with Crippen LogP contribution in [0.15, 0.2) is 76.5 Å². The minimum Gasteiger partial charge on any atom is -0.466 e. The van der Waals surface area contributed by atoms with Gasteiger partial charge in [0.1, 0.15) is 11.3 Å². The average molecular weight is 421 g/mol. The SMILES string of the molecule is CCOC(=O)c1c(/C=C/C(C)=C/C=C/C(C)=C/C(=O)OC)coc1-c1ccc(C)cc1. The molecule has 0 saturated heterocycles. The number of carbonyl (C=O) groups excluding carboxylic acids is 2. The standard InChI is InChI=1S/C26H28O5/c1-6-30-26(28)24-22(17-31-25(24)21-13-10-19(3)11-14-21)15-12-18(2)8-7-9-20(4)16-23(27)29-5/h7-17H,6H2,1-5H3/b9-7+,15-12+,18-8+,20-16+. The second-order valence-corrected chi connectivity index (χ2v) is 7.00. The number of carbonyl (C=O) groups is 2. The maximum atomic E-state index is 12.6. The summed E-state index contributed by atoms with van der Waals surface area (Å²) in [6.07, 6.45) is 12.2. The lowest BCUT2D eigenvalue weighted by Crippen LogP contribution is -2.06. The first kappa shape index (κ1) is 23.7. The van der Waals surface area contributed by atoms with E-state index in [1.54, 1.807) is 13.2 Å². The van der Waals surface area contributed by atoms with Gasteiger partial charge >= 0.3 is 11.9 Å². The van der Waals surface area contributed by atoms with E-state index in [4.69, 9.17) is 9.15 Å². The Bertz CT molecular complexity index is 1030. The molecule has 0 aliphatic heterocycles. The highest BCUT2D eigenvalue weighted by Gasteiger charge is 2.22. The molecule has 0 spiro atoms. The van der Waals surface area contributed by atoms with E-state index in [0.29, 0.717) is 16.9 Å². The molecular weight excluding hydrogens is 392 g/mol. The van der Waals surface area contributed by atoms with E-state index < -0.39 is 11.9 Å². The van der Waals surface area contributed by atoms with Crippen molar-refractivity contribution in [2.24, 2.45) is 0 Å². The van der Waals surface area contributed by atoms with Crippen LogP contribution in [0.2, 0.25) is 0 Å². The van der Waals surface area contributed by atoms with Crippen molar-refractivity contribution < 1.29 is 23.5 Å². The molecule has 2 rings (SSSR count). The first-order chi connectivity index (χ1) is 14.8. The Hall–Kier alpha value is -3.60. The number of aryl methyl sites for hydroxylation is 1. The lowest BCUT2D eigenvalue weighted by Gasteiger charge is -2.05. The van der Waals surface area contributed by atoms with Crippen molar-refractivity contribution >= 4 is 18.0 Å². The Balaban J connectivity index is 2.28. The molecule has 0 fully saturated rings. The summed E-state index contributed by atoms with van der Waals surface area (Å²) < 4.78 is 15.6. The van der Waals surface area contributed by atoms with Gasteiger partial charge in [-0.25, -0.2) is 9.59 Å². The van der Waals surface area contributed by atoms with Gasteiger partial charge < -0.3 is 13.9 Å². The van der Waals surface area contributed by atoms with Gasteiger partial charge in [0.25, 0.3) is 0 Å². The van der Waals surface area contributed by atoms with Crippen molar-refractivity contribution in [3.8, 4) is 11.3 Å². The third-order valence-corrected chi connectivity index (χ3v) is 4.40. The van der Waals surface area contributed by atoms with Crippen LogP contribution >= 0.6 is 0 Å². The van der Waals surface area contributed by atoms with Gasteiger partial charge in [-0.1, -0.05) is 65.8 Å². The van der Waals surface area contributed by atoms with Crippen LogP contribution < -0.4 is 0 Å². The van der Waals surface area contributed by atoms with Gasteiger partial charge in [0.05, 0.1) is 20.0 Å². The summed E-state index contributed by atoms with van der Waals surface area (Å²) in [6, 6.07) is 7.78. The van der Waals surface area contributed by atoms with Crippen LogP contribution in [0.3, 0.4) is 0 Å². The third-order valence-electron chi connectivity index (χ3n) is 4.40. The number of allylic oxidation sites excluding steroid dienone is 6. The molecule has 1 aromatic carbocycles. The fraction of sp³-hybridized carbons (Fsp3) is 0.231. The van der Waals surface area contributed by atoms with Gasteiger partial charge in [-0.15, -0.1) is 0 Å². The van der Waals surface area contributed by atoms with Crippen LogP contribution in [-0.4, -0.2) is 25.7 Å². The highest BCUT2D eigenvalue weighted by Crippen LogP contribution is 2.30. The predicted molar refractivity (Wildman–Crippen MR) is 123 cm³/mol. The zero-order valence-electron chi connectivity index (χ0n) is 18.6. The maximum absolute atomic E-state index is 12.6. The zero-order valence-corrected chi connectivity index (χ0v) is 18.6. The normalized spacial score (nSPS) is 12.5. The highest BCUT2D eigenvalue weighted by atomic mass is 16.5. The Morgan fingerprint density at radius 3 is 2.42 bits per heavy atom. The molecule has 162 valence electrons. The van der Waals surface area contributed by atoms with Crippen molar-refractivity contribution in [1.82, 2.24) is 0 Å². The molecule has 1 aromatic heterocycles. The summed E-state index contributed by atoms with van der Waals surface area (Å²) in [5.41, 5.74) is 4.72. The van der Waals surface area contributed by atoms with Gasteiger partial charge in [0.2, 0.25) is 0 Å². The number of hydrogen-bond acceptors (Lipinski definition) is 5. The van der Waals surface area contributed by atoms with Gasteiger partial charge in [0, 0.05) is 17.2 Å². The lowest BCUT2D eigenvalue weighted by molar-refractivity contribution is -0.134. The summed E-state index contributed by atoms with van der Waals surface area (Å²) in [6.45, 7) is 7.81. The molecular formula is C26H28O5. The Kier molecular flexibility index (Phi) is 8.82. The predicted octanol–water partition coefficient (Wildman–Crippen LogP) is 6.07. The highest BCUT2D eigenvalue weighted by molar-refractivity contribution is 5.99. The molecule has 0 aliphatic carbocycles. The zero-order chi connectivity index (χ0) is 22.8. The van der Waals surface area contributed by atoms with Gasteiger partial charge in [-0.05, 0) is 33.3 Å². The average Bonchev–Trinajstić information content (AvgIpc) is 3.17. The van der Waals surface area contributed by atoms with Crippen LogP contribution in [0, 0.1) is 6.92 Å². The van der Waals surface area contributed by atoms with E-state index in [0.717, 1.165) is 22.3 Å². The molecule has 0 unspecified atom stereocenters. The smallest absolute Gasteiger partial charge is 0.342 e. The maximum Gasteiger partial charge on any atom is 0.342 e. The van der Waals surface area contributed by atoms with Crippen LogP contribution in [-0.2, 0) is 14.3 Å². The Labute approximate surface area is 183 Å². The quantitative estimate of drug-likeness (QED) is 0.295. The second-order valence-electron chi connectivity index (χ2n) is 7.00. The monoisotopic (exact) mass is 420 g/mol. The summed E-state index contributed by atoms with van der Waals surface area (Å²) in [7, 11) is 1.34. The summed E-state index contributed by atoms with van der Waals surface area (Å²) in [5, 5.41) is 0. The number of ether oxygens (including phenoxy) is 2. The molecule has 5 nitrogen and oxygen atoms in total. The summed E-state index contributed by atoms with van der Waals surface area (Å²) >= 11 is 0. The van der Waals surface area contributed by atoms with Gasteiger partial charge in [0.15, 0.2) is 0 Å². The molecule has 0 atom stereocenters. The lowest BCUT2D eigenvalue weighted by atomic mass is 10.0. The summed E-state index contributed by atoms with van der Waals surface area (Å²) in [5.74, 6) is -0.321. The molecule has 0 radical (unpaired) electrons. The topological polar surface area (TPSA) is 65.7 Å². The summed E-state index contributed by atoms with van der Waals surface area (Å²) in [4.78, 5) is 23.8. The van der Waals surface area contributed by atoms with Gasteiger partial charge in [-0.2, -0.15) is 0 Å². The minimum absolute atomic E-state index is 0.280. The van der Waals surface area contributed by atoms with E-state index in [1.165, 1.54) is 13.2 Å². The van der Waals surface area contributed by atoms with Crippen LogP contribution in [0.1, 0.15) is 42.3 Å². The van der Waals surface area contributed by atoms with Crippen LogP contribution in [0.5, 0.6) is 0 Å². The molecule has 0 amide bonds. The van der Waals surface area contributed by atoms with Crippen molar-refractivity contribution in [3.05, 3.63) is 88.7 Å². The van der Waals surface area contributed by atoms with E-state index in [-0.39, 0.29) is 6.61 Å². The van der Waals surface area contributed by atoms with E-state index in [9.17, 15) is 9.59 Å². The first-order valence-electron chi connectivity index (χ1n) is 10.0. The number of hydrogen-bond donors (Lipinski definition) is 0. The number of rotatable bonds is 8. The van der Waals surface area contributed by atoms with E-state index >= 15 is 0 Å². The van der Waals surface area contributed by atoms with Crippen molar-refractivity contribution in [3.63, 3.8) is 0 Å². The van der Waals surface area contributed by atoms with Crippen LogP contribution in [0.4, 0.5) is 0 Å². The second kappa shape index (κ2) is 11.6. The number of methoxy groups -OCH3 is 1. The number of furan rings is 1. The molecule has 1 heterocycles. The first-order valence-corrected chi connectivity index (χ1v) is 10.0. The third kappa shape index (κ3) is 7.00.